The predicted octanol–water partition coefficient (Wildman–Crippen LogP) is 0.302. The van der Waals surface area contributed by atoms with Crippen LogP contribution in [0.5, 0.6) is 0 Å². The van der Waals surface area contributed by atoms with Gasteiger partial charge in [-0.1, -0.05) is 6.42 Å². The molecule has 0 unspecified atom stereocenters. The van der Waals surface area contributed by atoms with Crippen LogP contribution in [0.1, 0.15) is 19.3 Å². The number of nitrogens with one attached hydrogen (secondary N) is 1. The zero-order valence-corrected chi connectivity index (χ0v) is 6.84. The van der Waals surface area contributed by atoms with E-state index in [1.165, 1.54) is 19.3 Å². The van der Waals surface area contributed by atoms with Crippen LogP contribution in [0.3, 0.4) is 0 Å². The van der Waals surface area contributed by atoms with Crippen LogP contribution in [-0.2, 0) is 0 Å². The van der Waals surface area contributed by atoms with Gasteiger partial charge in [-0.2, -0.15) is 0 Å². The Labute approximate surface area is 66.7 Å². The minimum Gasteiger partial charge on any atom is -0.327 e. The van der Waals surface area contributed by atoms with Gasteiger partial charge in [-0.3, -0.25) is 5.43 Å². The van der Waals surface area contributed by atoms with E-state index in [1.807, 2.05) is 0 Å². The highest BCUT2D eigenvalue weighted by molar-refractivity contribution is 5.73. The number of urea groups is 1. The highest BCUT2D eigenvalue weighted by Crippen LogP contribution is 2.26. The van der Waals surface area contributed by atoms with Gasteiger partial charge in [0.1, 0.15) is 0 Å². The molecular weight excluding hydrogens is 142 g/mol. The Bertz CT molecular complexity index is 145. The third kappa shape index (κ3) is 2.08. The van der Waals surface area contributed by atoms with Crippen LogP contribution >= 0.6 is 0 Å². The summed E-state index contributed by atoms with van der Waals surface area (Å²) in [4.78, 5) is 12.5. The first-order valence-corrected chi connectivity index (χ1v) is 3.95. The van der Waals surface area contributed by atoms with Gasteiger partial charge in [0.25, 0.3) is 0 Å². The van der Waals surface area contributed by atoms with E-state index in [1.54, 1.807) is 11.9 Å². The van der Waals surface area contributed by atoms with Crippen molar-refractivity contribution in [3.63, 3.8) is 0 Å². The van der Waals surface area contributed by atoms with Crippen molar-refractivity contribution in [2.24, 2.45) is 11.8 Å². The normalized spacial score (nSPS) is 17.3. The maximum absolute atomic E-state index is 10.9. The lowest BCUT2D eigenvalue weighted by Gasteiger charge is -2.29. The molecule has 0 aromatic rings. The van der Waals surface area contributed by atoms with Gasteiger partial charge in [0.15, 0.2) is 0 Å². The van der Waals surface area contributed by atoms with Gasteiger partial charge in [-0.25, -0.2) is 10.6 Å². The first-order chi connectivity index (χ1) is 5.24. The van der Waals surface area contributed by atoms with E-state index in [0.29, 0.717) is 5.92 Å². The van der Waals surface area contributed by atoms with Crippen molar-refractivity contribution in [2.75, 3.05) is 13.6 Å². The zero-order valence-electron chi connectivity index (χ0n) is 6.84. The lowest BCUT2D eigenvalue weighted by Crippen LogP contribution is -2.43. The zero-order chi connectivity index (χ0) is 8.27. The number of carbonyl (C=O) groups is 1. The molecule has 0 radical (unpaired) electrons. The average molecular weight is 157 g/mol. The van der Waals surface area contributed by atoms with Gasteiger partial charge in [0, 0.05) is 13.6 Å². The van der Waals surface area contributed by atoms with E-state index in [2.05, 4.69) is 5.43 Å². The Morgan fingerprint density at radius 3 is 2.73 bits per heavy atom. The van der Waals surface area contributed by atoms with Gasteiger partial charge in [-0.05, 0) is 18.8 Å². The minimum atomic E-state index is -0.197. The summed E-state index contributed by atoms with van der Waals surface area (Å²) in [5.41, 5.74) is 2.11. The van der Waals surface area contributed by atoms with Gasteiger partial charge >= 0.3 is 6.03 Å². The van der Waals surface area contributed by atoms with E-state index in [9.17, 15) is 4.79 Å². The molecule has 0 aromatic heterocycles. The second kappa shape index (κ2) is 3.57. The molecule has 1 aliphatic carbocycles. The standard InChI is InChI=1S/C7H15N3O/c1-10(7(11)9-8)5-6-3-2-4-6/h6H,2-5,8H2,1H3,(H,9,11). The van der Waals surface area contributed by atoms with E-state index in [0.717, 1.165) is 6.54 Å². The Kier molecular flexibility index (Phi) is 2.70. The van der Waals surface area contributed by atoms with E-state index in [4.69, 9.17) is 5.84 Å². The van der Waals surface area contributed by atoms with E-state index in [-0.39, 0.29) is 6.03 Å². The molecule has 0 atom stereocenters. The molecular formula is C7H15N3O. The fourth-order valence-electron chi connectivity index (χ4n) is 1.26. The van der Waals surface area contributed by atoms with E-state index >= 15 is 0 Å². The molecule has 0 bridgehead atoms. The number of hydrogen-bond acceptors (Lipinski definition) is 2. The summed E-state index contributed by atoms with van der Waals surface area (Å²) in [5, 5.41) is 0. The summed E-state index contributed by atoms with van der Waals surface area (Å²) in [7, 11) is 1.76. The summed E-state index contributed by atoms with van der Waals surface area (Å²) in [6.45, 7) is 0.836. The second-order valence-electron chi connectivity index (χ2n) is 3.13. The number of rotatable bonds is 2. The molecule has 1 fully saturated rings. The average Bonchev–Trinajstić information content (AvgIpc) is 1.94. The van der Waals surface area contributed by atoms with Crippen LogP contribution in [0, 0.1) is 5.92 Å². The highest BCUT2D eigenvalue weighted by Gasteiger charge is 2.20. The Morgan fingerprint density at radius 2 is 2.36 bits per heavy atom. The Balaban J connectivity index is 2.18. The SMILES string of the molecule is CN(CC1CCC1)C(=O)NN. The van der Waals surface area contributed by atoms with E-state index < -0.39 is 0 Å². The molecule has 1 rings (SSSR count). The molecule has 0 spiro atoms. The van der Waals surface area contributed by atoms with Crippen molar-refractivity contribution in [3.05, 3.63) is 0 Å². The molecule has 11 heavy (non-hydrogen) atoms. The summed E-state index contributed by atoms with van der Waals surface area (Å²) >= 11 is 0. The summed E-state index contributed by atoms with van der Waals surface area (Å²) in [6, 6.07) is -0.197. The number of hydrazine groups is 1. The maximum Gasteiger partial charge on any atom is 0.331 e. The monoisotopic (exact) mass is 157 g/mol. The molecule has 4 heteroatoms. The van der Waals surface area contributed by atoms with Crippen LogP contribution in [-0.4, -0.2) is 24.5 Å². The molecule has 0 heterocycles. The van der Waals surface area contributed by atoms with Crippen molar-refractivity contribution in [1.82, 2.24) is 10.3 Å². The Hall–Kier alpha value is -0.770. The third-order valence-corrected chi connectivity index (χ3v) is 2.23. The van der Waals surface area contributed by atoms with Crippen molar-refractivity contribution in [1.29, 1.82) is 0 Å². The van der Waals surface area contributed by atoms with Crippen molar-refractivity contribution >= 4 is 6.03 Å². The van der Waals surface area contributed by atoms with Crippen LogP contribution in [0.2, 0.25) is 0 Å². The molecule has 4 nitrogen and oxygen atoms in total. The number of hydrogen-bond donors (Lipinski definition) is 2. The lowest BCUT2D eigenvalue weighted by atomic mass is 9.85. The van der Waals surface area contributed by atoms with Crippen molar-refractivity contribution in [3.8, 4) is 0 Å². The largest absolute Gasteiger partial charge is 0.331 e. The molecule has 64 valence electrons. The maximum atomic E-state index is 10.9. The molecule has 0 aliphatic heterocycles. The van der Waals surface area contributed by atoms with Crippen molar-refractivity contribution < 1.29 is 4.79 Å². The quantitative estimate of drug-likeness (QED) is 0.344. The fourth-order valence-corrected chi connectivity index (χ4v) is 1.26. The van der Waals surface area contributed by atoms with Crippen LogP contribution < -0.4 is 11.3 Å². The van der Waals surface area contributed by atoms with Gasteiger partial charge in [0.05, 0.1) is 0 Å². The molecule has 2 amide bonds. The summed E-state index contributed by atoms with van der Waals surface area (Å²) < 4.78 is 0. The first kappa shape index (κ1) is 8.33. The topological polar surface area (TPSA) is 58.4 Å². The van der Waals surface area contributed by atoms with Gasteiger partial charge in [-0.15, -0.1) is 0 Å². The number of amides is 2. The van der Waals surface area contributed by atoms with Crippen LogP contribution in [0.15, 0.2) is 0 Å². The molecule has 1 aliphatic rings. The smallest absolute Gasteiger partial charge is 0.327 e. The number of carbonyl (C=O) groups excluding carboxylic acids is 1. The molecule has 0 aromatic carbocycles. The summed E-state index contributed by atoms with van der Waals surface area (Å²) in [6.07, 6.45) is 3.81. The molecule has 0 saturated heterocycles. The predicted molar refractivity (Wildman–Crippen MR) is 42.7 cm³/mol. The van der Waals surface area contributed by atoms with Gasteiger partial charge in [0.2, 0.25) is 0 Å². The van der Waals surface area contributed by atoms with Gasteiger partial charge < -0.3 is 4.90 Å². The summed E-state index contributed by atoms with van der Waals surface area (Å²) in [5.74, 6) is 5.67. The molecule has 1 saturated carbocycles. The van der Waals surface area contributed by atoms with Crippen LogP contribution in [0.25, 0.3) is 0 Å². The third-order valence-electron chi connectivity index (χ3n) is 2.23. The second-order valence-corrected chi connectivity index (χ2v) is 3.13. The van der Waals surface area contributed by atoms with Crippen LogP contribution in [0.4, 0.5) is 4.79 Å². The molecule has 3 N–H and O–H groups in total. The number of nitrogens with zero attached hydrogens (tertiary/aromatic N) is 1. The minimum absolute atomic E-state index is 0.197. The van der Waals surface area contributed by atoms with Crippen molar-refractivity contribution in [2.45, 2.75) is 19.3 Å². The Morgan fingerprint density at radius 1 is 1.73 bits per heavy atom. The number of nitrogens with two attached hydrogens (primary N) is 1. The fraction of sp³-hybridized carbons (Fsp3) is 0.857. The highest BCUT2D eigenvalue weighted by atomic mass is 16.2. The lowest BCUT2D eigenvalue weighted by molar-refractivity contribution is 0.183. The first-order valence-electron chi connectivity index (χ1n) is 3.95.